The van der Waals surface area contributed by atoms with E-state index in [1.165, 1.54) is 6.20 Å². The number of phenolic OH excluding ortho intramolecular Hbond substituents is 1. The van der Waals surface area contributed by atoms with Crippen LogP contribution in [0.2, 0.25) is 0 Å². The van der Waals surface area contributed by atoms with Crippen molar-refractivity contribution in [2.24, 2.45) is 0 Å². The molecule has 102 valence electrons. The van der Waals surface area contributed by atoms with Crippen LogP contribution in [0.15, 0.2) is 30.5 Å². The first-order valence-corrected chi connectivity index (χ1v) is 6.55. The molecule has 0 radical (unpaired) electrons. The molecule has 2 aromatic rings. The summed E-state index contributed by atoms with van der Waals surface area (Å²) in [5.74, 6) is 0.666. The summed E-state index contributed by atoms with van der Waals surface area (Å²) in [4.78, 5) is 0. The molecule has 1 aromatic heterocycles. The molecule has 0 fully saturated rings. The number of aromatic nitrogens is 2. The van der Waals surface area contributed by atoms with Crippen LogP contribution < -0.4 is 10.1 Å². The molecule has 7 heteroatoms. The van der Waals surface area contributed by atoms with Crippen LogP contribution in [0.5, 0.6) is 11.6 Å². The Hall–Kier alpha value is -1.70. The molecule has 0 amide bonds. The molecule has 19 heavy (non-hydrogen) atoms. The molecule has 1 unspecified atom stereocenters. The maximum Gasteiger partial charge on any atom is 0.245 e. The van der Waals surface area contributed by atoms with Crippen molar-refractivity contribution < 1.29 is 14.9 Å². The largest absolute Gasteiger partial charge is 0.508 e. The Labute approximate surface area is 115 Å². The highest BCUT2D eigenvalue weighted by molar-refractivity contribution is 6.99. The monoisotopic (exact) mass is 281 g/mol. The minimum absolute atomic E-state index is 0.152. The number of nitrogens with zero attached hydrogens (tertiary/aromatic N) is 2. The van der Waals surface area contributed by atoms with Gasteiger partial charge in [0.25, 0.3) is 0 Å². The van der Waals surface area contributed by atoms with Gasteiger partial charge >= 0.3 is 0 Å². The van der Waals surface area contributed by atoms with Crippen LogP contribution in [0, 0.1) is 0 Å². The van der Waals surface area contributed by atoms with E-state index in [-0.39, 0.29) is 12.4 Å². The van der Waals surface area contributed by atoms with Crippen LogP contribution in [0.4, 0.5) is 0 Å². The van der Waals surface area contributed by atoms with Gasteiger partial charge in [-0.15, -0.1) is 4.37 Å². The van der Waals surface area contributed by atoms with Gasteiger partial charge in [-0.2, -0.15) is 4.37 Å². The Morgan fingerprint density at radius 2 is 2.21 bits per heavy atom. The van der Waals surface area contributed by atoms with Crippen molar-refractivity contribution >= 4 is 11.7 Å². The molecular formula is C12H15N3O3S. The number of benzene rings is 1. The second-order valence-electron chi connectivity index (χ2n) is 3.97. The summed E-state index contributed by atoms with van der Waals surface area (Å²) in [6.07, 6.45) is 0.861. The molecule has 0 aliphatic rings. The van der Waals surface area contributed by atoms with Gasteiger partial charge in [-0.3, -0.25) is 0 Å². The molecule has 0 saturated carbocycles. The highest BCUT2D eigenvalue weighted by Gasteiger charge is 2.07. The first kappa shape index (κ1) is 13.7. The summed E-state index contributed by atoms with van der Waals surface area (Å²) in [6.45, 7) is 1.01. The Bertz CT molecular complexity index is 493. The van der Waals surface area contributed by atoms with Crippen molar-refractivity contribution in [2.75, 3.05) is 13.2 Å². The summed E-state index contributed by atoms with van der Waals surface area (Å²) in [7, 11) is 0. The number of aromatic hydroxyl groups is 1. The van der Waals surface area contributed by atoms with Gasteiger partial charge in [0.1, 0.15) is 24.7 Å². The van der Waals surface area contributed by atoms with Gasteiger partial charge in [-0.25, -0.2) is 0 Å². The van der Waals surface area contributed by atoms with Gasteiger partial charge in [0.05, 0.1) is 11.7 Å². The van der Waals surface area contributed by atoms with Crippen molar-refractivity contribution in [3.63, 3.8) is 0 Å². The Balaban J connectivity index is 1.66. The molecule has 1 heterocycles. The van der Waals surface area contributed by atoms with Crippen LogP contribution in [0.3, 0.4) is 0 Å². The molecule has 0 aliphatic heterocycles. The van der Waals surface area contributed by atoms with E-state index in [0.717, 1.165) is 17.3 Å². The molecular weight excluding hydrogens is 266 g/mol. The average molecular weight is 281 g/mol. The molecule has 1 aromatic carbocycles. The summed E-state index contributed by atoms with van der Waals surface area (Å²) in [6, 6.07) is 7.08. The van der Waals surface area contributed by atoms with E-state index < -0.39 is 6.10 Å². The fourth-order valence-electron chi connectivity index (χ4n) is 1.49. The predicted octanol–water partition coefficient (Wildman–Crippen LogP) is 0.773. The zero-order chi connectivity index (χ0) is 13.5. The molecule has 0 bridgehead atoms. The average Bonchev–Trinajstić information content (AvgIpc) is 2.92. The minimum Gasteiger partial charge on any atom is -0.508 e. The van der Waals surface area contributed by atoms with E-state index >= 15 is 0 Å². The lowest BCUT2D eigenvalue weighted by molar-refractivity contribution is 0.104. The topological polar surface area (TPSA) is 87.5 Å². The highest BCUT2D eigenvalue weighted by Crippen LogP contribution is 2.14. The fourth-order valence-corrected chi connectivity index (χ4v) is 1.86. The fraction of sp³-hybridized carbons (Fsp3) is 0.333. The minimum atomic E-state index is -0.646. The molecule has 3 N–H and O–H groups in total. The lowest BCUT2D eigenvalue weighted by atomic mass is 10.2. The van der Waals surface area contributed by atoms with Crippen molar-refractivity contribution in [3.8, 4) is 11.6 Å². The third kappa shape index (κ3) is 4.47. The van der Waals surface area contributed by atoms with Crippen LogP contribution >= 0.6 is 11.7 Å². The van der Waals surface area contributed by atoms with Crippen molar-refractivity contribution in [1.82, 2.24) is 14.1 Å². The van der Waals surface area contributed by atoms with Crippen LogP contribution in [0.25, 0.3) is 0 Å². The molecule has 0 spiro atoms. The van der Waals surface area contributed by atoms with E-state index in [1.54, 1.807) is 12.1 Å². The number of nitrogens with one attached hydrogen (secondary N) is 1. The maximum atomic E-state index is 9.70. The second kappa shape index (κ2) is 7.03. The first-order valence-electron chi connectivity index (χ1n) is 5.81. The number of phenols is 1. The number of aliphatic hydroxyl groups excluding tert-OH is 1. The Morgan fingerprint density at radius 3 is 2.95 bits per heavy atom. The smallest absolute Gasteiger partial charge is 0.245 e. The zero-order valence-corrected chi connectivity index (χ0v) is 11.0. The third-order valence-corrected chi connectivity index (χ3v) is 2.91. The summed E-state index contributed by atoms with van der Waals surface area (Å²) < 4.78 is 12.9. The lowest BCUT2D eigenvalue weighted by Crippen LogP contribution is -2.31. The van der Waals surface area contributed by atoms with Crippen LogP contribution in [0.1, 0.15) is 5.56 Å². The Morgan fingerprint density at radius 1 is 1.37 bits per heavy atom. The number of rotatable bonds is 7. The van der Waals surface area contributed by atoms with E-state index in [1.807, 2.05) is 12.1 Å². The van der Waals surface area contributed by atoms with Crippen LogP contribution in [-0.2, 0) is 6.54 Å². The number of hydrogen-bond donors (Lipinski definition) is 3. The summed E-state index contributed by atoms with van der Waals surface area (Å²) >= 11 is 1.06. The Kier molecular flexibility index (Phi) is 5.08. The standard InChI is InChI=1S/C12H15N3O3S/c16-10(8-18-12-7-14-19-15-12)6-13-5-9-3-1-2-4-11(9)17/h1-4,7,10,13,16-17H,5-6,8H2. The molecule has 6 nitrogen and oxygen atoms in total. The van der Waals surface area contributed by atoms with Gasteiger partial charge in [-0.05, 0) is 6.07 Å². The zero-order valence-electron chi connectivity index (χ0n) is 10.2. The van der Waals surface area contributed by atoms with Gasteiger partial charge in [0.2, 0.25) is 5.88 Å². The van der Waals surface area contributed by atoms with Crippen LogP contribution in [-0.4, -0.2) is 38.2 Å². The van der Waals surface area contributed by atoms with E-state index in [4.69, 9.17) is 4.74 Å². The van der Waals surface area contributed by atoms with Gasteiger partial charge in [0.15, 0.2) is 0 Å². The molecule has 2 rings (SSSR count). The first-order chi connectivity index (χ1) is 9.25. The number of aliphatic hydroxyl groups is 1. The summed E-state index contributed by atoms with van der Waals surface area (Å²) in [5, 5.41) is 22.3. The SMILES string of the molecule is Oc1ccccc1CNCC(O)COc1cnsn1. The lowest BCUT2D eigenvalue weighted by Gasteiger charge is -2.12. The number of para-hydroxylation sites is 1. The van der Waals surface area contributed by atoms with Gasteiger partial charge < -0.3 is 20.3 Å². The normalized spacial score (nSPS) is 12.3. The van der Waals surface area contributed by atoms with E-state index in [2.05, 4.69) is 14.1 Å². The third-order valence-electron chi connectivity index (χ3n) is 2.45. The molecule has 1 atom stereocenters. The maximum absolute atomic E-state index is 9.70. The molecule has 0 saturated heterocycles. The van der Waals surface area contributed by atoms with Gasteiger partial charge in [0, 0.05) is 18.7 Å². The molecule has 0 aliphatic carbocycles. The quantitative estimate of drug-likeness (QED) is 0.695. The van der Waals surface area contributed by atoms with Gasteiger partial charge in [-0.1, -0.05) is 18.2 Å². The number of ether oxygens (including phenoxy) is 1. The highest BCUT2D eigenvalue weighted by atomic mass is 32.1. The van der Waals surface area contributed by atoms with Crippen molar-refractivity contribution in [2.45, 2.75) is 12.6 Å². The van der Waals surface area contributed by atoms with Crippen molar-refractivity contribution in [3.05, 3.63) is 36.0 Å². The van der Waals surface area contributed by atoms with Crippen molar-refractivity contribution in [1.29, 1.82) is 0 Å². The predicted molar refractivity (Wildman–Crippen MR) is 71.2 cm³/mol. The second-order valence-corrected chi connectivity index (χ2v) is 4.53. The number of hydrogen-bond acceptors (Lipinski definition) is 7. The van der Waals surface area contributed by atoms with E-state index in [0.29, 0.717) is 19.0 Å². The summed E-state index contributed by atoms with van der Waals surface area (Å²) in [5.41, 5.74) is 0.791. The van der Waals surface area contributed by atoms with E-state index in [9.17, 15) is 10.2 Å².